The molecule has 0 bridgehead atoms. The van der Waals surface area contributed by atoms with Crippen LogP contribution in [0.15, 0.2) is 0 Å². The molecule has 1 heteroatoms. The van der Waals surface area contributed by atoms with Crippen molar-refractivity contribution < 1.29 is 24.4 Å². The van der Waals surface area contributed by atoms with Crippen molar-refractivity contribution in [2.45, 2.75) is 17.5 Å². The Kier molecular flexibility index (Phi) is 2.59. The van der Waals surface area contributed by atoms with Crippen LogP contribution in [0.4, 0.5) is 0 Å². The normalized spacial score (nSPS) is 8.50. The molecule has 4 heavy (non-hydrogen) atoms. The molecule has 0 aromatic heterocycles. The second-order valence-electron chi connectivity index (χ2n) is 1.24. The Morgan fingerprint density at radius 1 is 1.50 bits per heavy atom. The van der Waals surface area contributed by atoms with E-state index in [1.54, 1.807) is 24.4 Å². The molecule has 0 amide bonds. The van der Waals surface area contributed by atoms with Gasteiger partial charge in [0, 0.05) is 0 Å². The predicted octanol–water partition coefficient (Wildman–Crippen LogP) is 1.36. The molecular weight excluding hydrogens is 81.0 g/mol. The third-order valence-electron chi connectivity index (χ3n) is 0. The Bertz CT molecular complexity index is 8.00. The van der Waals surface area contributed by atoms with Crippen LogP contribution in [0.3, 0.4) is 0 Å². The van der Waals surface area contributed by atoms with Gasteiger partial charge in [-0.2, -0.15) is 0 Å². The molecule has 22 valence electrons. The molecule has 0 aromatic rings. The maximum absolute atomic E-state index is 2.19. The summed E-state index contributed by atoms with van der Waals surface area (Å²) < 4.78 is 0.896. The van der Waals surface area contributed by atoms with Gasteiger partial charge in [0.05, 0.1) is 0 Å². The fourth-order valence-corrected chi connectivity index (χ4v) is 0. The van der Waals surface area contributed by atoms with Gasteiger partial charge in [-0.25, -0.2) is 0 Å². The van der Waals surface area contributed by atoms with Crippen LogP contribution < -0.4 is 0 Å². The second-order valence-corrected chi connectivity index (χ2v) is 3.33. The Morgan fingerprint density at radius 2 is 1.50 bits per heavy atom. The first-order valence-corrected chi connectivity index (χ1v) is 2.53. The molecule has 0 spiro atoms. The third-order valence-corrected chi connectivity index (χ3v) is 0. The van der Waals surface area contributed by atoms with Gasteiger partial charge in [-0.3, -0.25) is 0 Å². The van der Waals surface area contributed by atoms with Crippen LogP contribution in [0.1, 0.15) is 13.8 Å². The van der Waals surface area contributed by atoms with Gasteiger partial charge in [0.15, 0.2) is 0 Å². The summed E-state index contributed by atoms with van der Waals surface area (Å²) in [6, 6.07) is 0. The topological polar surface area (TPSA) is 0 Å². The van der Waals surface area contributed by atoms with Gasteiger partial charge in [0.1, 0.15) is 0 Å². The molecule has 0 atom stereocenters. The fourth-order valence-electron chi connectivity index (χ4n) is 0. The SMILES string of the molecule is C[CH](C)[Sc]. The zero-order valence-electron chi connectivity index (χ0n) is 3.15. The van der Waals surface area contributed by atoms with Crippen LogP contribution >= 0.6 is 0 Å². The standard InChI is InChI=1S/C3H7.Sc/c1-3-2;/h3H,1-2H3;. The zero-order valence-corrected chi connectivity index (χ0v) is 4.96. The molecule has 0 nitrogen and oxygen atoms in total. The Hall–Kier alpha value is 0.870. The van der Waals surface area contributed by atoms with Crippen LogP contribution in [0.2, 0.25) is 3.67 Å². The summed E-state index contributed by atoms with van der Waals surface area (Å²) >= 11 is 1.80. The van der Waals surface area contributed by atoms with Gasteiger partial charge in [0.25, 0.3) is 0 Å². The molecule has 0 radical (unpaired) electrons. The molecule has 0 aliphatic carbocycles. The molecule has 0 aromatic carbocycles. The molecule has 0 saturated heterocycles. The first-order chi connectivity index (χ1) is 1.73. The number of rotatable bonds is 0. The van der Waals surface area contributed by atoms with Crippen molar-refractivity contribution in [2.24, 2.45) is 0 Å². The van der Waals surface area contributed by atoms with Gasteiger partial charge in [-0.15, -0.1) is 0 Å². The number of hydrogen-bond acceptors (Lipinski definition) is 0. The van der Waals surface area contributed by atoms with Gasteiger partial charge >= 0.3 is 41.9 Å². The summed E-state index contributed by atoms with van der Waals surface area (Å²) in [5.74, 6) is 0. The Labute approximate surface area is 42.2 Å². The first-order valence-electron chi connectivity index (χ1n) is 1.49. The van der Waals surface area contributed by atoms with Gasteiger partial charge in [-0.1, -0.05) is 0 Å². The Balaban J connectivity index is 2.32. The van der Waals surface area contributed by atoms with Crippen molar-refractivity contribution in [1.29, 1.82) is 0 Å². The van der Waals surface area contributed by atoms with Crippen molar-refractivity contribution in [3.8, 4) is 0 Å². The predicted molar refractivity (Wildman–Crippen MR) is 15.1 cm³/mol. The van der Waals surface area contributed by atoms with Crippen LogP contribution in [0, 0.1) is 0 Å². The minimum absolute atomic E-state index is 0.896. The second kappa shape index (κ2) is 2.13. The summed E-state index contributed by atoms with van der Waals surface area (Å²) in [6.45, 7) is 4.39. The van der Waals surface area contributed by atoms with Crippen molar-refractivity contribution in [3.05, 3.63) is 0 Å². The van der Waals surface area contributed by atoms with Crippen molar-refractivity contribution in [1.82, 2.24) is 0 Å². The monoisotopic (exact) mass is 88.0 g/mol. The summed E-state index contributed by atoms with van der Waals surface area (Å²) in [5.41, 5.74) is 0. The molecule has 0 rings (SSSR count). The van der Waals surface area contributed by atoms with E-state index in [4.69, 9.17) is 0 Å². The maximum atomic E-state index is 2.19. The quantitative estimate of drug-likeness (QED) is 0.419. The van der Waals surface area contributed by atoms with Crippen molar-refractivity contribution >= 4 is 0 Å². The van der Waals surface area contributed by atoms with Gasteiger partial charge < -0.3 is 0 Å². The van der Waals surface area contributed by atoms with E-state index in [1.165, 1.54) is 0 Å². The van der Waals surface area contributed by atoms with E-state index in [-0.39, 0.29) is 0 Å². The summed E-state index contributed by atoms with van der Waals surface area (Å²) in [6.07, 6.45) is 0. The molecule has 0 saturated carbocycles. The van der Waals surface area contributed by atoms with Crippen molar-refractivity contribution in [3.63, 3.8) is 0 Å². The number of hydrogen-bond donors (Lipinski definition) is 0. The van der Waals surface area contributed by atoms with E-state index < -0.39 is 0 Å². The van der Waals surface area contributed by atoms with E-state index in [1.807, 2.05) is 0 Å². The summed E-state index contributed by atoms with van der Waals surface area (Å²) in [5, 5.41) is 0. The Morgan fingerprint density at radius 3 is 1.50 bits per heavy atom. The van der Waals surface area contributed by atoms with E-state index in [9.17, 15) is 0 Å². The van der Waals surface area contributed by atoms with E-state index >= 15 is 0 Å². The van der Waals surface area contributed by atoms with Crippen LogP contribution in [-0.2, 0) is 24.4 Å². The average Bonchev–Trinajstić information content (AvgIpc) is 0.811. The van der Waals surface area contributed by atoms with Crippen LogP contribution in [0.5, 0.6) is 0 Å². The van der Waals surface area contributed by atoms with Crippen LogP contribution in [-0.4, -0.2) is 0 Å². The minimum atomic E-state index is 0.896. The molecule has 0 aliphatic heterocycles. The van der Waals surface area contributed by atoms with E-state index in [2.05, 4.69) is 13.8 Å². The fraction of sp³-hybridized carbons (Fsp3) is 1.00. The van der Waals surface area contributed by atoms with E-state index in [0.717, 1.165) is 3.67 Å². The third kappa shape index (κ3) is 13.3. The molecule has 0 heterocycles. The van der Waals surface area contributed by atoms with Crippen LogP contribution in [0.25, 0.3) is 0 Å². The van der Waals surface area contributed by atoms with Gasteiger partial charge in [0.2, 0.25) is 0 Å². The van der Waals surface area contributed by atoms with E-state index in [0.29, 0.717) is 0 Å². The first kappa shape index (κ1) is 4.87. The zero-order chi connectivity index (χ0) is 3.58. The molecule has 0 fully saturated rings. The molecule has 0 aliphatic rings. The molecule has 0 unspecified atom stereocenters. The van der Waals surface area contributed by atoms with Gasteiger partial charge in [-0.05, 0) is 0 Å². The summed E-state index contributed by atoms with van der Waals surface area (Å²) in [7, 11) is 0. The molecular formula is C3H7Sc. The molecule has 0 N–H and O–H groups in total. The van der Waals surface area contributed by atoms with Crippen molar-refractivity contribution in [2.75, 3.05) is 0 Å². The summed E-state index contributed by atoms with van der Waals surface area (Å²) in [4.78, 5) is 0. The average molecular weight is 88.0 g/mol.